The molecule has 1 spiro atoms. The van der Waals surface area contributed by atoms with Gasteiger partial charge in [0, 0.05) is 44.9 Å². The molecule has 6 rings (SSSR count). The molecule has 0 bridgehead atoms. The normalized spacial score (nSPS) is 18.4. The van der Waals surface area contributed by atoms with Crippen LogP contribution in [0.3, 0.4) is 0 Å². The molecule has 2 saturated heterocycles. The standard InChI is InChI=1S/C31H32F4N6O4/c1-39-11-9-30(10-12-39)8-7-25(42)41(17-30)22-14-24(44-3)21(13-20(22)32)37-29-36-15-19(31(33,34)35)27(38-29)45-23-6-4-5-18-16-40(2)28(43)26(18)23/h4-6,13-15H,7-12,16-17H2,1-3H3,(H,36,37,38). The molecule has 14 heteroatoms. The fraction of sp³-hybridized carbons (Fsp3) is 0.419. The number of carbonyl (C=O) groups excluding carboxylic acids is 2. The first kappa shape index (κ1) is 30.6. The molecular weight excluding hydrogens is 596 g/mol. The van der Waals surface area contributed by atoms with E-state index in [0.717, 1.165) is 38.4 Å². The lowest BCUT2D eigenvalue weighted by molar-refractivity contribution is -0.139. The highest BCUT2D eigenvalue weighted by Gasteiger charge is 2.42. The number of aromatic nitrogens is 2. The van der Waals surface area contributed by atoms with Crippen molar-refractivity contribution < 1.29 is 36.6 Å². The van der Waals surface area contributed by atoms with Gasteiger partial charge in [-0.05, 0) is 56.4 Å². The molecule has 3 aliphatic heterocycles. The molecule has 0 aliphatic carbocycles. The second-order valence-electron chi connectivity index (χ2n) is 11.9. The highest BCUT2D eigenvalue weighted by molar-refractivity contribution is 6.01. The van der Waals surface area contributed by atoms with Crippen LogP contribution < -0.4 is 19.7 Å². The van der Waals surface area contributed by atoms with Gasteiger partial charge < -0.3 is 29.5 Å². The molecule has 2 amide bonds. The molecule has 0 unspecified atom stereocenters. The summed E-state index contributed by atoms with van der Waals surface area (Å²) >= 11 is 0. The van der Waals surface area contributed by atoms with Crippen LogP contribution in [0, 0.1) is 11.2 Å². The van der Waals surface area contributed by atoms with Crippen LogP contribution in [0.15, 0.2) is 36.5 Å². The number of benzene rings is 2. The first-order valence-electron chi connectivity index (χ1n) is 14.5. The van der Waals surface area contributed by atoms with Gasteiger partial charge in [-0.25, -0.2) is 9.37 Å². The Bertz CT molecular complexity index is 1660. The van der Waals surface area contributed by atoms with Crippen LogP contribution in [0.5, 0.6) is 17.4 Å². The maximum absolute atomic E-state index is 15.7. The van der Waals surface area contributed by atoms with Crippen molar-refractivity contribution in [1.82, 2.24) is 19.8 Å². The summed E-state index contributed by atoms with van der Waals surface area (Å²) in [4.78, 5) is 38.5. The average molecular weight is 629 g/mol. The van der Waals surface area contributed by atoms with Crippen molar-refractivity contribution in [3.63, 3.8) is 0 Å². The Morgan fingerprint density at radius 3 is 2.51 bits per heavy atom. The first-order valence-corrected chi connectivity index (χ1v) is 14.5. The van der Waals surface area contributed by atoms with Gasteiger partial charge in [0.2, 0.25) is 17.7 Å². The van der Waals surface area contributed by atoms with Gasteiger partial charge in [0.05, 0.1) is 24.0 Å². The summed E-state index contributed by atoms with van der Waals surface area (Å²) in [5.41, 5.74) is -0.513. The number of piperidine rings is 2. The number of ether oxygens (including phenoxy) is 2. The number of hydrogen-bond acceptors (Lipinski definition) is 8. The van der Waals surface area contributed by atoms with Crippen LogP contribution in [-0.4, -0.2) is 72.4 Å². The Balaban J connectivity index is 1.30. The zero-order chi connectivity index (χ0) is 32.1. The Labute approximate surface area is 256 Å². The fourth-order valence-electron chi connectivity index (χ4n) is 6.22. The van der Waals surface area contributed by atoms with Crippen LogP contribution in [-0.2, 0) is 17.5 Å². The van der Waals surface area contributed by atoms with E-state index in [0.29, 0.717) is 24.7 Å². The molecular formula is C31H32F4N6O4. The highest BCUT2D eigenvalue weighted by Crippen LogP contribution is 2.44. The topological polar surface area (TPSA) is 100 Å². The van der Waals surface area contributed by atoms with Gasteiger partial charge in [-0.1, -0.05) is 12.1 Å². The zero-order valence-corrected chi connectivity index (χ0v) is 25.0. The summed E-state index contributed by atoms with van der Waals surface area (Å²) in [7, 11) is 4.98. The number of rotatable bonds is 6. The predicted octanol–water partition coefficient (Wildman–Crippen LogP) is 5.60. The predicted molar refractivity (Wildman–Crippen MR) is 156 cm³/mol. The van der Waals surface area contributed by atoms with Crippen molar-refractivity contribution in [3.8, 4) is 17.4 Å². The van der Waals surface area contributed by atoms with Gasteiger partial charge in [-0.2, -0.15) is 18.2 Å². The van der Waals surface area contributed by atoms with E-state index in [1.165, 1.54) is 29.0 Å². The Kier molecular flexibility index (Phi) is 7.79. The number of carbonyl (C=O) groups is 2. The Hall–Kier alpha value is -4.46. The number of methoxy groups -OCH3 is 1. The summed E-state index contributed by atoms with van der Waals surface area (Å²) in [5, 5.41) is 2.72. The van der Waals surface area contributed by atoms with Crippen LogP contribution in [0.1, 0.15) is 47.2 Å². The van der Waals surface area contributed by atoms with E-state index >= 15 is 4.39 Å². The first-order chi connectivity index (χ1) is 21.4. The number of anilines is 3. The second-order valence-corrected chi connectivity index (χ2v) is 11.9. The van der Waals surface area contributed by atoms with Crippen molar-refractivity contribution in [2.45, 2.75) is 38.4 Å². The molecule has 0 atom stereocenters. The lowest BCUT2D eigenvalue weighted by Gasteiger charge is -2.46. The van der Waals surface area contributed by atoms with Gasteiger partial charge in [0.15, 0.2) is 0 Å². The minimum Gasteiger partial charge on any atom is -0.494 e. The summed E-state index contributed by atoms with van der Waals surface area (Å²) in [6, 6.07) is 7.14. The second kappa shape index (κ2) is 11.5. The van der Waals surface area contributed by atoms with Crippen molar-refractivity contribution >= 4 is 29.1 Å². The van der Waals surface area contributed by atoms with E-state index in [-0.39, 0.29) is 52.3 Å². The molecule has 2 fully saturated rings. The molecule has 2 aromatic carbocycles. The third-order valence-corrected chi connectivity index (χ3v) is 8.86. The van der Waals surface area contributed by atoms with Gasteiger partial charge in [0.25, 0.3) is 5.91 Å². The van der Waals surface area contributed by atoms with Crippen molar-refractivity contribution in [1.29, 1.82) is 0 Å². The van der Waals surface area contributed by atoms with E-state index in [1.807, 2.05) is 0 Å². The number of likely N-dealkylation sites (tertiary alicyclic amines) is 1. The van der Waals surface area contributed by atoms with E-state index in [2.05, 4.69) is 27.2 Å². The number of halogens is 4. The van der Waals surface area contributed by atoms with Crippen LogP contribution >= 0.6 is 0 Å². The average Bonchev–Trinajstić information content (AvgIpc) is 3.29. The lowest BCUT2D eigenvalue weighted by Crippen LogP contribution is -2.51. The Morgan fingerprint density at radius 2 is 1.80 bits per heavy atom. The maximum atomic E-state index is 15.7. The lowest BCUT2D eigenvalue weighted by atomic mass is 9.72. The molecule has 1 aromatic heterocycles. The minimum atomic E-state index is -4.87. The number of fused-ring (bicyclic) bond motifs is 1. The van der Waals surface area contributed by atoms with Crippen molar-refractivity contribution in [2.24, 2.45) is 5.41 Å². The molecule has 45 heavy (non-hydrogen) atoms. The maximum Gasteiger partial charge on any atom is 0.423 e. The molecule has 238 valence electrons. The SMILES string of the molecule is COc1cc(N2CC3(CCC2=O)CCN(C)CC3)c(F)cc1Nc1ncc(C(F)(F)F)c(Oc2cccc3c2C(=O)N(C)C3)n1. The minimum absolute atomic E-state index is 0.0281. The Morgan fingerprint density at radius 1 is 1.04 bits per heavy atom. The molecule has 3 aromatic rings. The van der Waals surface area contributed by atoms with Gasteiger partial charge in [-0.15, -0.1) is 0 Å². The summed E-state index contributed by atoms with van der Waals surface area (Å²) in [6.45, 7) is 2.47. The van der Waals surface area contributed by atoms with E-state index in [4.69, 9.17) is 9.47 Å². The zero-order valence-electron chi connectivity index (χ0n) is 25.0. The van der Waals surface area contributed by atoms with Gasteiger partial charge in [0.1, 0.15) is 22.9 Å². The summed E-state index contributed by atoms with van der Waals surface area (Å²) in [6.07, 6.45) is -1.46. The van der Waals surface area contributed by atoms with Gasteiger partial charge >= 0.3 is 6.18 Å². The van der Waals surface area contributed by atoms with Crippen LogP contribution in [0.2, 0.25) is 0 Å². The fourth-order valence-corrected chi connectivity index (χ4v) is 6.22. The molecule has 3 aliphatic rings. The van der Waals surface area contributed by atoms with Crippen LogP contribution in [0.25, 0.3) is 0 Å². The number of hydrogen-bond donors (Lipinski definition) is 1. The number of amides is 2. The van der Waals surface area contributed by atoms with E-state index < -0.39 is 29.3 Å². The van der Waals surface area contributed by atoms with E-state index in [1.54, 1.807) is 19.2 Å². The third-order valence-electron chi connectivity index (χ3n) is 8.86. The molecule has 10 nitrogen and oxygen atoms in total. The quantitative estimate of drug-likeness (QED) is 0.352. The van der Waals surface area contributed by atoms with Gasteiger partial charge in [-0.3, -0.25) is 9.59 Å². The monoisotopic (exact) mass is 628 g/mol. The van der Waals surface area contributed by atoms with Crippen molar-refractivity contribution in [2.75, 3.05) is 51.1 Å². The molecule has 0 radical (unpaired) electrons. The smallest absolute Gasteiger partial charge is 0.423 e. The van der Waals surface area contributed by atoms with E-state index in [9.17, 15) is 22.8 Å². The molecule has 0 saturated carbocycles. The molecule has 4 heterocycles. The molecule has 1 N–H and O–H groups in total. The number of nitrogens with zero attached hydrogens (tertiary/aromatic N) is 5. The summed E-state index contributed by atoms with van der Waals surface area (Å²) < 4.78 is 68.6. The van der Waals surface area contributed by atoms with Crippen LogP contribution in [0.4, 0.5) is 34.9 Å². The summed E-state index contributed by atoms with van der Waals surface area (Å²) in [5.74, 6) is -2.43. The largest absolute Gasteiger partial charge is 0.494 e. The third kappa shape index (κ3) is 5.86. The highest BCUT2D eigenvalue weighted by atomic mass is 19.4. The number of nitrogens with one attached hydrogen (secondary N) is 1. The number of alkyl halides is 3. The van der Waals surface area contributed by atoms with Crippen molar-refractivity contribution in [3.05, 3.63) is 59.0 Å².